The van der Waals surface area contributed by atoms with Crippen LogP contribution in [-0.2, 0) is 32.7 Å². The van der Waals surface area contributed by atoms with E-state index in [0.717, 1.165) is 24.9 Å². The monoisotopic (exact) mass is 482 g/mol. The van der Waals surface area contributed by atoms with Crippen molar-refractivity contribution in [3.63, 3.8) is 0 Å². The van der Waals surface area contributed by atoms with Crippen LogP contribution >= 0.6 is 0 Å². The van der Waals surface area contributed by atoms with E-state index in [1.165, 1.54) is 13.8 Å². The van der Waals surface area contributed by atoms with Crippen LogP contribution in [0.2, 0.25) is 38.3 Å². The summed E-state index contributed by atoms with van der Waals surface area (Å²) in [4.78, 5) is 21.4. The molecule has 31 heavy (non-hydrogen) atoms. The minimum absolute atomic E-state index is 0.0483. The van der Waals surface area contributed by atoms with Gasteiger partial charge in [-0.25, -0.2) is 0 Å². The molecule has 0 aliphatic rings. The zero-order valence-electron chi connectivity index (χ0n) is 20.0. The molecule has 11 heteroatoms. The van der Waals surface area contributed by atoms with Gasteiger partial charge in [-0.15, -0.1) is 0 Å². The molecule has 184 valence electrons. The molecule has 0 heterocycles. The molecule has 0 saturated heterocycles. The second-order valence-electron chi connectivity index (χ2n) is 8.89. The van der Waals surface area contributed by atoms with Crippen LogP contribution in [0.5, 0.6) is 0 Å². The normalized spacial score (nSPS) is 14.2. The maximum absolute atomic E-state index is 10.7. The number of carbonyl (C=O) groups excluding carboxylic acids is 2. The van der Waals surface area contributed by atoms with E-state index in [1.807, 2.05) is 0 Å². The van der Waals surface area contributed by atoms with Crippen molar-refractivity contribution in [2.24, 2.45) is 0 Å². The average molecular weight is 483 g/mol. The summed E-state index contributed by atoms with van der Waals surface area (Å²) < 4.78 is 27.0. The Morgan fingerprint density at radius 2 is 1.06 bits per heavy atom. The van der Waals surface area contributed by atoms with Crippen molar-refractivity contribution in [3.8, 4) is 0 Å². The van der Waals surface area contributed by atoms with E-state index in [2.05, 4.69) is 26.2 Å². The Morgan fingerprint density at radius 3 is 1.39 bits per heavy atom. The SMILES string of the molecule is CC(=O)OCC(O)COCCC[Si](C)(C)O[Si](C)(C)CCCOCC(O)COC(C)=O. The molecule has 0 aliphatic carbocycles. The van der Waals surface area contributed by atoms with Gasteiger partial charge in [-0.05, 0) is 51.1 Å². The highest BCUT2D eigenvalue weighted by Crippen LogP contribution is 2.23. The molecule has 0 amide bonds. The lowest BCUT2D eigenvalue weighted by molar-refractivity contribution is -0.145. The number of ether oxygens (including phenoxy) is 4. The van der Waals surface area contributed by atoms with Crippen molar-refractivity contribution in [2.75, 3.05) is 39.6 Å². The standard InChI is InChI=1S/C20H42O9Si2/c1-17(21)27-15-19(23)13-25-9-7-11-30(3,4)29-31(5,6)12-8-10-26-14-20(24)16-28-18(2)22/h19-20,23-24H,7-16H2,1-6H3. The molecule has 0 fully saturated rings. The molecule has 2 unspecified atom stereocenters. The van der Waals surface area contributed by atoms with Gasteiger partial charge in [0.2, 0.25) is 0 Å². The van der Waals surface area contributed by atoms with Gasteiger partial charge < -0.3 is 33.3 Å². The van der Waals surface area contributed by atoms with E-state index < -0.39 is 40.8 Å². The van der Waals surface area contributed by atoms with Crippen molar-refractivity contribution < 1.29 is 42.9 Å². The van der Waals surface area contributed by atoms with Crippen LogP contribution in [-0.4, -0.2) is 90.6 Å². The molecule has 2 N–H and O–H groups in total. The quantitative estimate of drug-likeness (QED) is 0.172. The Hall–Kier alpha value is -0.826. The van der Waals surface area contributed by atoms with Gasteiger partial charge in [0.25, 0.3) is 0 Å². The van der Waals surface area contributed by atoms with E-state index in [4.69, 9.17) is 23.1 Å². The first kappa shape index (κ1) is 30.2. The van der Waals surface area contributed by atoms with Crippen molar-refractivity contribution in [1.82, 2.24) is 0 Å². The zero-order valence-corrected chi connectivity index (χ0v) is 22.0. The smallest absolute Gasteiger partial charge is 0.302 e. The summed E-state index contributed by atoms with van der Waals surface area (Å²) in [6.07, 6.45) is 0.101. The van der Waals surface area contributed by atoms with Crippen molar-refractivity contribution >= 4 is 28.6 Å². The minimum atomic E-state index is -1.83. The van der Waals surface area contributed by atoms with E-state index in [1.54, 1.807) is 0 Å². The van der Waals surface area contributed by atoms with Crippen molar-refractivity contribution in [1.29, 1.82) is 0 Å². The molecule has 2 atom stereocenters. The molecule has 9 nitrogen and oxygen atoms in total. The summed E-state index contributed by atoms with van der Waals surface area (Å²) in [5.41, 5.74) is 0. The first-order valence-corrected chi connectivity index (χ1v) is 17.0. The Bertz CT molecular complexity index is 471. The lowest BCUT2D eigenvalue weighted by atomic mass is 10.4. The molecule has 0 saturated carbocycles. The molecule has 0 aromatic carbocycles. The summed E-state index contributed by atoms with van der Waals surface area (Å²) in [6.45, 7) is 12.7. The van der Waals surface area contributed by atoms with Gasteiger partial charge in [0.05, 0.1) is 13.2 Å². The molecular weight excluding hydrogens is 440 g/mol. The average Bonchev–Trinajstić information content (AvgIpc) is 2.63. The van der Waals surface area contributed by atoms with Crippen LogP contribution in [0.3, 0.4) is 0 Å². The van der Waals surface area contributed by atoms with Crippen LogP contribution < -0.4 is 0 Å². The summed E-state index contributed by atoms with van der Waals surface area (Å²) >= 11 is 0. The van der Waals surface area contributed by atoms with E-state index in [0.29, 0.717) is 13.2 Å². The molecular formula is C20H42O9Si2. The van der Waals surface area contributed by atoms with Gasteiger partial charge in [0.15, 0.2) is 16.6 Å². The van der Waals surface area contributed by atoms with Gasteiger partial charge in [-0.3, -0.25) is 9.59 Å². The number of aliphatic hydroxyl groups is 2. The Labute approximate surface area is 188 Å². The number of hydrogen-bond donors (Lipinski definition) is 2. The van der Waals surface area contributed by atoms with Gasteiger partial charge in [-0.2, -0.15) is 0 Å². The predicted molar refractivity (Wildman–Crippen MR) is 122 cm³/mol. The third-order valence-electron chi connectivity index (χ3n) is 4.27. The van der Waals surface area contributed by atoms with Gasteiger partial charge in [-0.1, -0.05) is 0 Å². The third kappa shape index (κ3) is 19.6. The summed E-state index contributed by atoms with van der Waals surface area (Å²) in [5, 5.41) is 19.3. The molecule has 0 aromatic heterocycles. The summed E-state index contributed by atoms with van der Waals surface area (Å²) in [5.74, 6) is -0.835. The molecule has 0 aliphatic heterocycles. The van der Waals surface area contributed by atoms with Crippen LogP contribution in [0.25, 0.3) is 0 Å². The number of hydrogen-bond acceptors (Lipinski definition) is 9. The number of aliphatic hydroxyl groups excluding tert-OH is 2. The zero-order chi connectivity index (χ0) is 23.9. The van der Waals surface area contributed by atoms with Gasteiger partial charge >= 0.3 is 11.9 Å². The maximum atomic E-state index is 10.7. The largest absolute Gasteiger partial charge is 0.463 e. The van der Waals surface area contributed by atoms with Crippen LogP contribution in [0.15, 0.2) is 0 Å². The van der Waals surface area contributed by atoms with Gasteiger partial charge in [0.1, 0.15) is 25.4 Å². The lowest BCUT2D eigenvalue weighted by Crippen LogP contribution is -2.44. The number of carbonyl (C=O) groups is 2. The molecule has 0 bridgehead atoms. The molecule has 0 rings (SSSR count). The first-order valence-electron chi connectivity index (χ1n) is 10.8. The van der Waals surface area contributed by atoms with Crippen molar-refractivity contribution in [3.05, 3.63) is 0 Å². The van der Waals surface area contributed by atoms with Crippen LogP contribution in [0.1, 0.15) is 26.7 Å². The third-order valence-corrected chi connectivity index (χ3v) is 11.8. The Balaban J connectivity index is 3.94. The fraction of sp³-hybridized carbons (Fsp3) is 0.900. The molecule has 0 aromatic rings. The Morgan fingerprint density at radius 1 is 0.710 bits per heavy atom. The van der Waals surface area contributed by atoms with Crippen LogP contribution in [0, 0.1) is 0 Å². The van der Waals surface area contributed by atoms with Crippen molar-refractivity contribution in [2.45, 2.75) is 77.2 Å². The van der Waals surface area contributed by atoms with E-state index >= 15 is 0 Å². The minimum Gasteiger partial charge on any atom is -0.463 e. The predicted octanol–water partition coefficient (Wildman–Crippen LogP) is 2.07. The Kier molecular flexibility index (Phi) is 15.5. The second-order valence-corrected chi connectivity index (χ2v) is 17.7. The van der Waals surface area contributed by atoms with E-state index in [9.17, 15) is 19.8 Å². The highest BCUT2D eigenvalue weighted by atomic mass is 28.4. The second kappa shape index (κ2) is 15.9. The fourth-order valence-corrected chi connectivity index (χ4v) is 11.8. The maximum Gasteiger partial charge on any atom is 0.302 e. The van der Waals surface area contributed by atoms with Crippen LogP contribution in [0.4, 0.5) is 0 Å². The summed E-state index contributed by atoms with van der Waals surface area (Å²) in [6, 6.07) is 1.92. The van der Waals surface area contributed by atoms with Gasteiger partial charge in [0, 0.05) is 27.1 Å². The fourth-order valence-electron chi connectivity index (χ4n) is 3.01. The topological polar surface area (TPSA) is 121 Å². The molecule has 0 radical (unpaired) electrons. The first-order chi connectivity index (χ1) is 14.3. The number of esters is 2. The lowest BCUT2D eigenvalue weighted by Gasteiger charge is -2.34. The molecule has 0 spiro atoms. The number of rotatable bonds is 18. The van der Waals surface area contributed by atoms with E-state index in [-0.39, 0.29) is 26.4 Å². The summed E-state index contributed by atoms with van der Waals surface area (Å²) in [7, 11) is -3.67. The highest BCUT2D eigenvalue weighted by Gasteiger charge is 2.32. The highest BCUT2D eigenvalue weighted by molar-refractivity contribution is 6.84.